The van der Waals surface area contributed by atoms with Gasteiger partial charge in [-0.3, -0.25) is 4.79 Å². The van der Waals surface area contributed by atoms with Crippen molar-refractivity contribution in [1.82, 2.24) is 0 Å². The molecular weight excluding hydrogens is 192 g/mol. The van der Waals surface area contributed by atoms with E-state index in [0.29, 0.717) is 0 Å². The largest absolute Gasteiger partial charge is 0.500 e. The van der Waals surface area contributed by atoms with Gasteiger partial charge in [0.05, 0.1) is 7.11 Å². The Kier molecular flexibility index (Phi) is 13.7. The lowest BCUT2D eigenvalue weighted by Crippen LogP contribution is -2.13. The second kappa shape index (κ2) is 11.2. The Bertz CT molecular complexity index is 123. The maximum Gasteiger partial charge on any atom is 0.500 e. The summed E-state index contributed by atoms with van der Waals surface area (Å²) in [6.45, 7) is 3.72. The van der Waals surface area contributed by atoms with Crippen LogP contribution in [0, 0.1) is 0 Å². The van der Waals surface area contributed by atoms with Gasteiger partial charge in [-0.25, -0.2) is 4.79 Å². The summed E-state index contributed by atoms with van der Waals surface area (Å²) in [5.74, 6) is -1.24. The lowest BCUT2D eigenvalue weighted by Gasteiger charge is -1.90. The number of esters is 1. The molecule has 0 aromatic heterocycles. The maximum atomic E-state index is 10.3. The standard InChI is InChI=1S/C5H8O3.C2H5.ClH.Mg/c1-3-4(6)5(7)8-2;1-2;;/h3H2,1-2H3;1H2,2H3;1H;/q;;;+1/p-1. The highest BCUT2D eigenvalue weighted by atomic mass is 35.5. The number of hydrogen-bond acceptors (Lipinski definition) is 3. The number of halogens is 1. The molecule has 0 N–H and O–H groups in total. The van der Waals surface area contributed by atoms with Gasteiger partial charge in [0.25, 0.3) is 0 Å². The van der Waals surface area contributed by atoms with Crippen LogP contribution >= 0.6 is 9.07 Å². The first-order valence-electron chi connectivity index (χ1n) is 3.81. The zero-order chi connectivity index (χ0) is 9.98. The average molecular weight is 205 g/mol. The summed E-state index contributed by atoms with van der Waals surface area (Å²) in [5.41, 5.74) is 0. The van der Waals surface area contributed by atoms with E-state index in [2.05, 4.69) is 11.7 Å². The second-order valence-electron chi connectivity index (χ2n) is 1.96. The Balaban J connectivity index is 0. The minimum atomic E-state index is -0.757. The summed E-state index contributed by atoms with van der Waals surface area (Å²) in [6, 6.07) is 0. The van der Waals surface area contributed by atoms with Crippen LogP contribution in [0.5, 0.6) is 0 Å². The van der Waals surface area contributed by atoms with Crippen molar-refractivity contribution in [3.05, 3.63) is 0 Å². The maximum absolute atomic E-state index is 10.3. The number of methoxy groups -OCH3 is 1. The Hall–Kier alpha value is 0.196. The minimum Gasteiger partial charge on any atom is -0.463 e. The smallest absolute Gasteiger partial charge is 0.463 e. The quantitative estimate of drug-likeness (QED) is 0.397. The predicted molar refractivity (Wildman–Crippen MR) is 49.4 cm³/mol. The molecule has 0 fully saturated rings. The number of Topliss-reactive ketones (excluding diaryl/α,β-unsaturated/α-hetero) is 1. The van der Waals surface area contributed by atoms with Crippen LogP contribution in [0.25, 0.3) is 0 Å². The molecular formula is C7H13ClMgO3. The first kappa shape index (κ1) is 14.7. The van der Waals surface area contributed by atoms with E-state index in [1.54, 1.807) is 6.92 Å². The molecule has 0 rings (SSSR count). The fraction of sp³-hybridized carbons (Fsp3) is 0.714. The van der Waals surface area contributed by atoms with Crippen molar-refractivity contribution in [3.8, 4) is 0 Å². The fourth-order valence-corrected chi connectivity index (χ4v) is 0.258. The molecule has 0 bridgehead atoms. The third-order valence-corrected chi connectivity index (χ3v) is 2.44. The van der Waals surface area contributed by atoms with Crippen LogP contribution in [0.15, 0.2) is 0 Å². The van der Waals surface area contributed by atoms with Crippen molar-refractivity contribution in [3.63, 3.8) is 0 Å². The third-order valence-electron chi connectivity index (χ3n) is 0.923. The molecule has 0 unspecified atom stereocenters. The molecule has 0 heterocycles. The van der Waals surface area contributed by atoms with Crippen molar-refractivity contribution in [2.45, 2.75) is 24.8 Å². The van der Waals surface area contributed by atoms with Crippen LogP contribution in [0.4, 0.5) is 0 Å². The molecule has 0 atom stereocenters. The molecule has 5 heteroatoms. The summed E-state index contributed by atoms with van der Waals surface area (Å²) >= 11 is -0.103. The molecule has 0 aliphatic rings. The van der Waals surface area contributed by atoms with Crippen LogP contribution in [0.3, 0.4) is 0 Å². The van der Waals surface area contributed by atoms with Gasteiger partial charge >= 0.3 is 25.2 Å². The van der Waals surface area contributed by atoms with Gasteiger partial charge in [0.2, 0.25) is 5.78 Å². The molecule has 0 saturated carbocycles. The fourth-order valence-electron chi connectivity index (χ4n) is 0.258. The van der Waals surface area contributed by atoms with Crippen molar-refractivity contribution in [2.75, 3.05) is 7.11 Å². The summed E-state index contributed by atoms with van der Waals surface area (Å²) in [5, 5.41) is 0. The lowest BCUT2D eigenvalue weighted by atomic mass is 10.3. The topological polar surface area (TPSA) is 43.4 Å². The van der Waals surface area contributed by atoms with E-state index in [-0.39, 0.29) is 25.7 Å². The van der Waals surface area contributed by atoms with Gasteiger partial charge in [-0.05, 0) is 0 Å². The highest BCUT2D eigenvalue weighted by Gasteiger charge is 2.08. The lowest BCUT2D eigenvalue weighted by molar-refractivity contribution is -0.151. The first-order valence-corrected chi connectivity index (χ1v) is 6.94. The predicted octanol–water partition coefficient (Wildman–Crippen LogP) is 1.42. The van der Waals surface area contributed by atoms with Crippen molar-refractivity contribution >= 4 is 40.1 Å². The van der Waals surface area contributed by atoms with Gasteiger partial charge in [0.15, 0.2) is 0 Å². The molecule has 3 nitrogen and oxygen atoms in total. The highest BCUT2D eigenvalue weighted by Crippen LogP contribution is 1.82. The summed E-state index contributed by atoms with van der Waals surface area (Å²) in [4.78, 5) is 20.4. The number of hydrogen-bond donors (Lipinski definition) is 0. The first-order chi connectivity index (χ1) is 5.63. The van der Waals surface area contributed by atoms with Gasteiger partial charge in [-0.1, -0.05) is 13.8 Å². The Morgan fingerprint density at radius 1 is 1.42 bits per heavy atom. The average Bonchev–Trinajstić information content (AvgIpc) is 2.15. The molecule has 0 saturated heterocycles. The summed E-state index contributed by atoms with van der Waals surface area (Å²) < 4.78 is 5.34. The Labute approximate surface area is 86.3 Å². The van der Waals surface area contributed by atoms with E-state index in [1.165, 1.54) is 11.7 Å². The number of carbonyl (C=O) groups excluding carboxylic acids is 2. The number of carbonyl (C=O) groups is 2. The molecule has 0 aliphatic heterocycles. The van der Waals surface area contributed by atoms with Crippen LogP contribution in [-0.4, -0.2) is 38.1 Å². The van der Waals surface area contributed by atoms with Gasteiger partial charge < -0.3 is 13.8 Å². The van der Waals surface area contributed by atoms with E-state index in [9.17, 15) is 9.59 Å². The van der Waals surface area contributed by atoms with E-state index < -0.39 is 11.8 Å². The van der Waals surface area contributed by atoms with Crippen molar-refractivity contribution in [1.29, 1.82) is 0 Å². The second-order valence-corrected chi connectivity index (χ2v) is 4.47. The monoisotopic (exact) mass is 204 g/mol. The van der Waals surface area contributed by atoms with Gasteiger partial charge in [0.1, 0.15) is 0 Å². The van der Waals surface area contributed by atoms with Gasteiger partial charge in [-0.2, -0.15) is 0 Å². The third kappa shape index (κ3) is 10.2. The molecule has 12 heavy (non-hydrogen) atoms. The Morgan fingerprint density at radius 2 is 1.83 bits per heavy atom. The number of ketones is 1. The van der Waals surface area contributed by atoms with Gasteiger partial charge in [0, 0.05) is 6.42 Å². The van der Waals surface area contributed by atoms with Crippen LogP contribution in [0.2, 0.25) is 4.55 Å². The van der Waals surface area contributed by atoms with Crippen LogP contribution < -0.4 is 0 Å². The highest BCUT2D eigenvalue weighted by molar-refractivity contribution is 6.93. The van der Waals surface area contributed by atoms with E-state index in [4.69, 9.17) is 9.07 Å². The normalized spacial score (nSPS) is 7.33. The zero-order valence-electron chi connectivity index (χ0n) is 7.72. The summed E-state index contributed by atoms with van der Waals surface area (Å²) in [7, 11) is 6.52. The molecule has 0 amide bonds. The summed E-state index contributed by atoms with van der Waals surface area (Å²) in [6.07, 6.45) is 0.215. The van der Waals surface area contributed by atoms with E-state index >= 15 is 0 Å². The SMILES string of the molecule is CCC(=O)C(=O)OC.C[CH2][Mg][Cl]. The number of ether oxygens (including phenoxy) is 1. The van der Waals surface area contributed by atoms with Gasteiger partial charge in [-0.15, -0.1) is 4.55 Å². The molecule has 68 valence electrons. The van der Waals surface area contributed by atoms with E-state index in [0.717, 1.165) is 0 Å². The molecule has 0 spiro atoms. The number of rotatable bonds is 3. The zero-order valence-corrected chi connectivity index (χ0v) is 9.89. The van der Waals surface area contributed by atoms with Crippen LogP contribution in [-0.2, 0) is 14.3 Å². The Morgan fingerprint density at radius 3 is 1.92 bits per heavy atom. The minimum absolute atomic E-state index is 0.103. The van der Waals surface area contributed by atoms with Crippen molar-refractivity contribution < 1.29 is 14.3 Å². The molecule has 0 radical (unpaired) electrons. The molecule has 0 aromatic carbocycles. The molecule has 0 aliphatic carbocycles. The van der Waals surface area contributed by atoms with Crippen LogP contribution in [0.1, 0.15) is 20.3 Å². The molecule has 0 aromatic rings. The van der Waals surface area contributed by atoms with E-state index in [1.807, 2.05) is 0 Å². The van der Waals surface area contributed by atoms with Crippen molar-refractivity contribution in [2.24, 2.45) is 0 Å².